The molecule has 1 unspecified atom stereocenters. The number of aromatic nitrogens is 2. The summed E-state index contributed by atoms with van der Waals surface area (Å²) in [5, 5.41) is 8.75. The van der Waals surface area contributed by atoms with Crippen LogP contribution in [0, 0.1) is 0 Å². The van der Waals surface area contributed by atoms with Crippen molar-refractivity contribution in [2.45, 2.75) is 59.0 Å². The minimum atomic E-state index is 0.533. The van der Waals surface area contributed by atoms with Gasteiger partial charge in [0, 0.05) is 19.6 Å². The summed E-state index contributed by atoms with van der Waals surface area (Å²) in [5.41, 5.74) is 2.08. The van der Waals surface area contributed by atoms with Gasteiger partial charge in [-0.25, -0.2) is 0 Å². The Morgan fingerprint density at radius 3 is 2.65 bits per heavy atom. The molecule has 0 radical (unpaired) electrons. The number of nitrogens with one attached hydrogen (secondary N) is 1. The van der Waals surface area contributed by atoms with Gasteiger partial charge in [0.1, 0.15) is 0 Å². The zero-order valence-electron chi connectivity index (χ0n) is 11.4. The Balaban J connectivity index is 2.54. The Morgan fingerprint density at radius 1 is 1.41 bits per heavy atom. The van der Waals surface area contributed by atoms with E-state index in [9.17, 15) is 0 Å². The highest BCUT2D eigenvalue weighted by Crippen LogP contribution is 2.20. The van der Waals surface area contributed by atoms with E-state index in [4.69, 9.17) is 11.6 Å². The molecule has 0 aliphatic heterocycles. The largest absolute Gasteiger partial charge is 0.309 e. The molecule has 1 aromatic heterocycles. The first-order valence-corrected chi connectivity index (χ1v) is 6.91. The lowest BCUT2D eigenvalue weighted by molar-refractivity contribution is 0.483. The number of rotatable bonds is 7. The molecular weight excluding hydrogens is 234 g/mol. The standard InChI is InChI=1S/C13H24ClN3/c1-5-7-8-10(3)15-9-12-13(14)11(6-2)16-17(12)4/h10,15H,5-9H2,1-4H3. The van der Waals surface area contributed by atoms with E-state index in [1.807, 2.05) is 11.7 Å². The normalized spacial score (nSPS) is 13.0. The van der Waals surface area contributed by atoms with Crippen LogP contribution in [0.2, 0.25) is 5.02 Å². The monoisotopic (exact) mass is 257 g/mol. The number of aryl methyl sites for hydroxylation is 2. The van der Waals surface area contributed by atoms with Gasteiger partial charge in [0.05, 0.1) is 16.4 Å². The molecule has 0 fully saturated rings. The zero-order chi connectivity index (χ0) is 12.8. The molecule has 1 N–H and O–H groups in total. The highest BCUT2D eigenvalue weighted by atomic mass is 35.5. The van der Waals surface area contributed by atoms with E-state index in [0.717, 1.165) is 29.4 Å². The van der Waals surface area contributed by atoms with Gasteiger partial charge in [-0.05, 0) is 19.8 Å². The number of unbranched alkanes of at least 4 members (excludes halogenated alkanes) is 1. The van der Waals surface area contributed by atoms with Crippen molar-refractivity contribution in [1.29, 1.82) is 0 Å². The minimum Gasteiger partial charge on any atom is -0.309 e. The molecule has 0 amide bonds. The first-order valence-electron chi connectivity index (χ1n) is 6.53. The van der Waals surface area contributed by atoms with Gasteiger partial charge >= 0.3 is 0 Å². The van der Waals surface area contributed by atoms with Crippen LogP contribution in [0.15, 0.2) is 0 Å². The molecule has 3 nitrogen and oxygen atoms in total. The van der Waals surface area contributed by atoms with Gasteiger partial charge in [0.25, 0.3) is 0 Å². The molecule has 0 aliphatic rings. The Bertz CT molecular complexity index is 347. The second-order valence-electron chi connectivity index (χ2n) is 4.61. The van der Waals surface area contributed by atoms with Crippen molar-refractivity contribution in [1.82, 2.24) is 15.1 Å². The molecule has 98 valence electrons. The van der Waals surface area contributed by atoms with E-state index >= 15 is 0 Å². The first-order chi connectivity index (χ1) is 8.10. The van der Waals surface area contributed by atoms with E-state index in [1.54, 1.807) is 0 Å². The lowest BCUT2D eigenvalue weighted by Crippen LogP contribution is -2.26. The van der Waals surface area contributed by atoms with Crippen LogP contribution in [0.25, 0.3) is 0 Å². The minimum absolute atomic E-state index is 0.533. The van der Waals surface area contributed by atoms with Crippen molar-refractivity contribution < 1.29 is 0 Å². The Hall–Kier alpha value is -0.540. The third-order valence-electron chi connectivity index (χ3n) is 3.11. The summed E-state index contributed by atoms with van der Waals surface area (Å²) >= 11 is 6.29. The van der Waals surface area contributed by atoms with Crippen molar-refractivity contribution in [2.75, 3.05) is 0 Å². The molecule has 0 spiro atoms. The lowest BCUT2D eigenvalue weighted by atomic mass is 10.1. The summed E-state index contributed by atoms with van der Waals surface area (Å²) in [6.07, 6.45) is 4.62. The summed E-state index contributed by atoms with van der Waals surface area (Å²) in [4.78, 5) is 0. The number of halogens is 1. The smallest absolute Gasteiger partial charge is 0.0863 e. The molecule has 0 saturated carbocycles. The van der Waals surface area contributed by atoms with Crippen LogP contribution >= 0.6 is 11.6 Å². The van der Waals surface area contributed by atoms with E-state index in [1.165, 1.54) is 19.3 Å². The van der Waals surface area contributed by atoms with Crippen LogP contribution in [0.4, 0.5) is 0 Å². The molecule has 1 atom stereocenters. The van der Waals surface area contributed by atoms with Gasteiger partial charge in [-0.2, -0.15) is 5.10 Å². The average Bonchev–Trinajstić information content (AvgIpc) is 2.59. The third kappa shape index (κ3) is 4.00. The molecule has 4 heteroatoms. The third-order valence-corrected chi connectivity index (χ3v) is 3.55. The fraction of sp³-hybridized carbons (Fsp3) is 0.769. The Labute approximate surface area is 110 Å². The second-order valence-corrected chi connectivity index (χ2v) is 4.99. The van der Waals surface area contributed by atoms with Gasteiger partial charge in [0.2, 0.25) is 0 Å². The number of hydrogen-bond acceptors (Lipinski definition) is 2. The molecule has 0 aromatic carbocycles. The van der Waals surface area contributed by atoms with E-state index < -0.39 is 0 Å². The van der Waals surface area contributed by atoms with Crippen LogP contribution in [0.1, 0.15) is 51.4 Å². The quantitative estimate of drug-likeness (QED) is 0.812. The summed E-state index contributed by atoms with van der Waals surface area (Å²) in [6, 6.07) is 0.533. The van der Waals surface area contributed by atoms with Crippen LogP contribution in [-0.2, 0) is 20.0 Å². The van der Waals surface area contributed by atoms with E-state index in [-0.39, 0.29) is 0 Å². The number of hydrogen-bond donors (Lipinski definition) is 1. The maximum absolute atomic E-state index is 6.29. The van der Waals surface area contributed by atoms with Crippen molar-refractivity contribution in [3.05, 3.63) is 16.4 Å². The molecule has 17 heavy (non-hydrogen) atoms. The molecule has 0 bridgehead atoms. The van der Waals surface area contributed by atoms with Crippen molar-refractivity contribution in [3.8, 4) is 0 Å². The van der Waals surface area contributed by atoms with Gasteiger partial charge in [-0.1, -0.05) is 38.3 Å². The van der Waals surface area contributed by atoms with Crippen LogP contribution in [0.5, 0.6) is 0 Å². The molecule has 0 aliphatic carbocycles. The predicted molar refractivity (Wildman–Crippen MR) is 73.4 cm³/mol. The maximum Gasteiger partial charge on any atom is 0.0863 e. The summed E-state index contributed by atoms with van der Waals surface area (Å²) in [5.74, 6) is 0. The molecular formula is C13H24ClN3. The van der Waals surface area contributed by atoms with Gasteiger partial charge in [0.15, 0.2) is 0 Å². The highest BCUT2D eigenvalue weighted by Gasteiger charge is 2.13. The SMILES string of the molecule is CCCCC(C)NCc1c(Cl)c(CC)nn1C. The molecule has 1 aromatic rings. The van der Waals surface area contributed by atoms with Crippen LogP contribution in [-0.4, -0.2) is 15.8 Å². The van der Waals surface area contributed by atoms with Gasteiger partial charge in [-0.15, -0.1) is 0 Å². The fourth-order valence-electron chi connectivity index (χ4n) is 1.90. The Kier molecular flexibility index (Phi) is 6.00. The zero-order valence-corrected chi connectivity index (χ0v) is 12.1. The van der Waals surface area contributed by atoms with Crippen molar-refractivity contribution in [3.63, 3.8) is 0 Å². The average molecular weight is 258 g/mol. The second kappa shape index (κ2) is 7.02. The van der Waals surface area contributed by atoms with E-state index in [2.05, 4.69) is 31.2 Å². The Morgan fingerprint density at radius 2 is 2.12 bits per heavy atom. The predicted octanol–water partition coefficient (Wildman–Crippen LogP) is 3.30. The molecule has 1 heterocycles. The van der Waals surface area contributed by atoms with Gasteiger partial charge < -0.3 is 5.32 Å². The fourth-order valence-corrected chi connectivity index (χ4v) is 2.26. The molecule has 0 saturated heterocycles. The lowest BCUT2D eigenvalue weighted by Gasteiger charge is -2.13. The maximum atomic E-state index is 6.29. The molecule has 1 rings (SSSR count). The summed E-state index contributed by atoms with van der Waals surface area (Å²) < 4.78 is 1.89. The van der Waals surface area contributed by atoms with Crippen molar-refractivity contribution >= 4 is 11.6 Å². The van der Waals surface area contributed by atoms with E-state index in [0.29, 0.717) is 6.04 Å². The summed E-state index contributed by atoms with van der Waals surface area (Å²) in [7, 11) is 1.96. The number of nitrogens with zero attached hydrogens (tertiary/aromatic N) is 2. The van der Waals surface area contributed by atoms with Crippen LogP contribution in [0.3, 0.4) is 0 Å². The topological polar surface area (TPSA) is 29.9 Å². The van der Waals surface area contributed by atoms with Crippen molar-refractivity contribution in [2.24, 2.45) is 7.05 Å². The van der Waals surface area contributed by atoms with Crippen LogP contribution < -0.4 is 5.32 Å². The summed E-state index contributed by atoms with van der Waals surface area (Å²) in [6.45, 7) is 7.32. The first kappa shape index (κ1) is 14.5. The van der Waals surface area contributed by atoms with Gasteiger partial charge in [-0.3, -0.25) is 4.68 Å². The highest BCUT2D eigenvalue weighted by molar-refractivity contribution is 6.31.